The Bertz CT molecular complexity index is 483. The second-order valence-electron chi connectivity index (χ2n) is 4.42. The predicted octanol–water partition coefficient (Wildman–Crippen LogP) is 3.85. The lowest BCUT2D eigenvalue weighted by Crippen LogP contribution is -2.28. The van der Waals surface area contributed by atoms with Gasteiger partial charge in [-0.05, 0) is 37.8 Å². The molecule has 2 rings (SSSR count). The van der Waals surface area contributed by atoms with Crippen LogP contribution in [0.15, 0.2) is 28.3 Å². The summed E-state index contributed by atoms with van der Waals surface area (Å²) >= 11 is 12.0. The van der Waals surface area contributed by atoms with E-state index in [1.54, 1.807) is 18.2 Å². The normalized spacial score (nSPS) is 16.3. The number of rotatable bonds is 2. The Balaban J connectivity index is 2.06. The molecule has 0 saturated heterocycles. The molecule has 0 spiro atoms. The Morgan fingerprint density at radius 1 is 1.11 bits per heavy atom. The molecule has 1 aromatic carbocycles. The molecule has 1 aliphatic carbocycles. The monoisotopic (exact) mass is 298 g/mol. The van der Waals surface area contributed by atoms with E-state index >= 15 is 0 Å². The van der Waals surface area contributed by atoms with E-state index in [-0.39, 0.29) is 5.96 Å². The van der Waals surface area contributed by atoms with Gasteiger partial charge < -0.3 is 5.73 Å². The number of hydrogen-bond acceptors (Lipinski definition) is 2. The van der Waals surface area contributed by atoms with Gasteiger partial charge in [-0.15, -0.1) is 0 Å². The number of aliphatic imine (C=N–C) groups is 1. The van der Waals surface area contributed by atoms with Crippen molar-refractivity contribution in [1.82, 2.24) is 5.43 Å². The van der Waals surface area contributed by atoms with Gasteiger partial charge in [-0.2, -0.15) is 5.10 Å². The summed E-state index contributed by atoms with van der Waals surface area (Å²) in [7, 11) is 0. The number of nitrogens with two attached hydrogens (primary N) is 1. The van der Waals surface area contributed by atoms with Crippen LogP contribution < -0.4 is 11.2 Å². The van der Waals surface area contributed by atoms with Crippen molar-refractivity contribution in [3.63, 3.8) is 0 Å². The zero-order valence-corrected chi connectivity index (χ0v) is 12.0. The van der Waals surface area contributed by atoms with Crippen LogP contribution in [-0.2, 0) is 0 Å². The van der Waals surface area contributed by atoms with Crippen molar-refractivity contribution >= 4 is 40.6 Å². The molecular formula is C13H16Cl2N4. The number of nitrogens with one attached hydrogen (secondary N) is 1. The van der Waals surface area contributed by atoms with E-state index in [1.165, 1.54) is 19.3 Å². The topological polar surface area (TPSA) is 62.8 Å². The number of guanidine groups is 1. The number of hydrazone groups is 1. The van der Waals surface area contributed by atoms with Crippen LogP contribution in [-0.4, -0.2) is 11.7 Å². The molecule has 0 atom stereocenters. The summed E-state index contributed by atoms with van der Waals surface area (Å²) in [4.78, 5) is 4.15. The minimum Gasteiger partial charge on any atom is -0.368 e. The van der Waals surface area contributed by atoms with Crippen LogP contribution in [0.1, 0.15) is 32.1 Å². The molecular weight excluding hydrogens is 283 g/mol. The summed E-state index contributed by atoms with van der Waals surface area (Å²) in [5.41, 5.74) is 10.1. The van der Waals surface area contributed by atoms with Crippen molar-refractivity contribution in [1.29, 1.82) is 0 Å². The van der Waals surface area contributed by atoms with Gasteiger partial charge in [-0.1, -0.05) is 35.7 Å². The van der Waals surface area contributed by atoms with E-state index in [4.69, 9.17) is 28.9 Å². The molecule has 0 aromatic heterocycles. The molecule has 0 aliphatic heterocycles. The summed E-state index contributed by atoms with van der Waals surface area (Å²) in [6.07, 6.45) is 5.69. The van der Waals surface area contributed by atoms with Gasteiger partial charge in [0, 0.05) is 5.71 Å². The van der Waals surface area contributed by atoms with E-state index in [0.717, 1.165) is 18.6 Å². The fraction of sp³-hybridized carbons (Fsp3) is 0.385. The van der Waals surface area contributed by atoms with Crippen molar-refractivity contribution in [2.45, 2.75) is 32.1 Å². The first-order chi connectivity index (χ1) is 9.16. The third-order valence-corrected chi connectivity index (χ3v) is 3.54. The maximum atomic E-state index is 6.01. The van der Waals surface area contributed by atoms with Crippen molar-refractivity contribution in [2.75, 3.05) is 0 Å². The van der Waals surface area contributed by atoms with Crippen molar-refractivity contribution in [3.8, 4) is 0 Å². The quantitative estimate of drug-likeness (QED) is 0.495. The molecule has 1 aromatic rings. The highest BCUT2D eigenvalue weighted by Crippen LogP contribution is 2.32. The largest absolute Gasteiger partial charge is 0.368 e. The van der Waals surface area contributed by atoms with E-state index < -0.39 is 0 Å². The predicted molar refractivity (Wildman–Crippen MR) is 81.4 cm³/mol. The molecule has 102 valence electrons. The molecule has 1 saturated carbocycles. The minimum absolute atomic E-state index is 0.188. The van der Waals surface area contributed by atoms with Crippen molar-refractivity contribution in [2.24, 2.45) is 15.8 Å². The van der Waals surface area contributed by atoms with E-state index in [1.807, 2.05) is 0 Å². The molecule has 1 fully saturated rings. The molecule has 19 heavy (non-hydrogen) atoms. The van der Waals surface area contributed by atoms with Crippen LogP contribution in [0.5, 0.6) is 0 Å². The highest BCUT2D eigenvalue weighted by molar-refractivity contribution is 6.38. The van der Waals surface area contributed by atoms with Crippen LogP contribution in [0.3, 0.4) is 0 Å². The fourth-order valence-electron chi connectivity index (χ4n) is 1.95. The summed E-state index contributed by atoms with van der Waals surface area (Å²) in [5, 5.41) is 5.18. The van der Waals surface area contributed by atoms with Crippen LogP contribution in [0, 0.1) is 0 Å². The molecule has 0 radical (unpaired) electrons. The van der Waals surface area contributed by atoms with Gasteiger partial charge in [-0.3, -0.25) is 0 Å². The molecule has 3 N–H and O–H groups in total. The zero-order valence-electron chi connectivity index (χ0n) is 10.5. The number of para-hydroxylation sites is 1. The van der Waals surface area contributed by atoms with Gasteiger partial charge in [-0.25, -0.2) is 10.4 Å². The third kappa shape index (κ3) is 4.11. The van der Waals surface area contributed by atoms with Crippen LogP contribution in [0.2, 0.25) is 10.0 Å². The Morgan fingerprint density at radius 2 is 1.74 bits per heavy atom. The number of benzene rings is 1. The molecule has 0 amide bonds. The Morgan fingerprint density at radius 3 is 2.37 bits per heavy atom. The van der Waals surface area contributed by atoms with Gasteiger partial charge in [0.1, 0.15) is 5.69 Å². The summed E-state index contributed by atoms with van der Waals surface area (Å²) < 4.78 is 0. The average Bonchev–Trinajstić information content (AvgIpc) is 2.42. The van der Waals surface area contributed by atoms with Gasteiger partial charge in [0.05, 0.1) is 10.0 Å². The Labute approximate surface area is 122 Å². The molecule has 0 unspecified atom stereocenters. The van der Waals surface area contributed by atoms with E-state index in [9.17, 15) is 0 Å². The average molecular weight is 299 g/mol. The zero-order chi connectivity index (χ0) is 13.7. The standard InChI is InChI=1S/C13H16Cl2N4/c14-10-7-4-8-11(15)12(10)17-13(16)19-18-9-5-2-1-3-6-9/h4,7-8H,1-3,5-6H2,(H3,16,17,19). The molecule has 0 bridgehead atoms. The molecule has 6 heteroatoms. The Hall–Kier alpha value is -1.26. The van der Waals surface area contributed by atoms with Crippen molar-refractivity contribution in [3.05, 3.63) is 28.2 Å². The van der Waals surface area contributed by atoms with Crippen molar-refractivity contribution < 1.29 is 0 Å². The Kier molecular flexibility index (Phi) is 5.05. The second-order valence-corrected chi connectivity index (χ2v) is 5.23. The van der Waals surface area contributed by atoms with Crippen LogP contribution in [0.25, 0.3) is 0 Å². The van der Waals surface area contributed by atoms with E-state index in [0.29, 0.717) is 15.7 Å². The third-order valence-electron chi connectivity index (χ3n) is 2.93. The fourth-order valence-corrected chi connectivity index (χ4v) is 2.43. The maximum Gasteiger partial charge on any atom is 0.214 e. The first-order valence-corrected chi connectivity index (χ1v) is 7.02. The van der Waals surface area contributed by atoms with Crippen LogP contribution >= 0.6 is 23.2 Å². The minimum atomic E-state index is 0.188. The lowest BCUT2D eigenvalue weighted by atomic mass is 9.99. The lowest BCUT2D eigenvalue weighted by Gasteiger charge is -2.12. The second kappa shape index (κ2) is 6.78. The summed E-state index contributed by atoms with van der Waals surface area (Å²) in [6.45, 7) is 0. The van der Waals surface area contributed by atoms with Gasteiger partial charge >= 0.3 is 0 Å². The number of halogens is 2. The SMILES string of the molecule is NC(=Nc1c(Cl)cccc1Cl)NN=C1CCCCC1. The highest BCUT2D eigenvalue weighted by atomic mass is 35.5. The number of hydrogen-bond donors (Lipinski definition) is 2. The van der Waals surface area contributed by atoms with Gasteiger partial charge in [0.2, 0.25) is 5.96 Å². The number of nitrogens with zero attached hydrogens (tertiary/aromatic N) is 2. The molecule has 0 heterocycles. The maximum absolute atomic E-state index is 6.01. The van der Waals surface area contributed by atoms with E-state index in [2.05, 4.69) is 15.5 Å². The first kappa shape index (κ1) is 14.2. The van der Waals surface area contributed by atoms with Gasteiger partial charge in [0.25, 0.3) is 0 Å². The lowest BCUT2D eigenvalue weighted by molar-refractivity contribution is 0.661. The molecule has 1 aliphatic rings. The summed E-state index contributed by atoms with van der Waals surface area (Å²) in [5.74, 6) is 0.188. The van der Waals surface area contributed by atoms with Gasteiger partial charge in [0.15, 0.2) is 0 Å². The smallest absolute Gasteiger partial charge is 0.214 e. The first-order valence-electron chi connectivity index (χ1n) is 6.26. The summed E-state index contributed by atoms with van der Waals surface area (Å²) in [6, 6.07) is 5.19. The molecule has 4 nitrogen and oxygen atoms in total. The highest BCUT2D eigenvalue weighted by Gasteiger charge is 2.07. The van der Waals surface area contributed by atoms with Crippen LogP contribution in [0.4, 0.5) is 5.69 Å².